The number of carboxylic acids is 1. The number of aromatic carboxylic acids is 1. The average molecular weight is 184 g/mol. The molecule has 0 unspecified atom stereocenters. The summed E-state index contributed by atoms with van der Waals surface area (Å²) in [6.07, 6.45) is 1.51. The van der Waals surface area contributed by atoms with Crippen molar-refractivity contribution in [2.75, 3.05) is 6.61 Å². The smallest absolute Gasteiger partial charge is 0.372 e. The minimum absolute atomic E-state index is 0.0368. The zero-order valence-corrected chi connectivity index (χ0v) is 7.65. The van der Waals surface area contributed by atoms with Crippen LogP contribution in [0, 0.1) is 0 Å². The lowest BCUT2D eigenvalue weighted by atomic mass is 10.5. The van der Waals surface area contributed by atoms with Gasteiger partial charge in [0.1, 0.15) is 0 Å². The molecule has 0 amide bonds. The van der Waals surface area contributed by atoms with E-state index in [1.54, 1.807) is 7.05 Å². The van der Waals surface area contributed by atoms with Crippen LogP contribution in [0.3, 0.4) is 0 Å². The number of hydrogen-bond acceptors (Lipinski definition) is 3. The van der Waals surface area contributed by atoms with Gasteiger partial charge in [-0.25, -0.2) is 9.78 Å². The summed E-state index contributed by atoms with van der Waals surface area (Å²) in [6, 6.07) is 0. The summed E-state index contributed by atoms with van der Waals surface area (Å²) in [5.41, 5.74) is 0.763. The highest BCUT2D eigenvalue weighted by Crippen LogP contribution is 2.04. The number of rotatable bonds is 4. The Morgan fingerprint density at radius 3 is 2.92 bits per heavy atom. The van der Waals surface area contributed by atoms with E-state index in [1.165, 1.54) is 10.8 Å². The zero-order chi connectivity index (χ0) is 9.84. The molecule has 0 aliphatic rings. The van der Waals surface area contributed by atoms with Gasteiger partial charge in [0.05, 0.1) is 18.5 Å². The Morgan fingerprint density at radius 2 is 2.46 bits per heavy atom. The summed E-state index contributed by atoms with van der Waals surface area (Å²) in [5.74, 6) is -0.986. The topological polar surface area (TPSA) is 64.3 Å². The Labute approximate surface area is 76.0 Å². The van der Waals surface area contributed by atoms with E-state index in [4.69, 9.17) is 9.84 Å². The molecule has 1 aromatic rings. The van der Waals surface area contributed by atoms with E-state index in [0.29, 0.717) is 13.2 Å². The van der Waals surface area contributed by atoms with Crippen molar-refractivity contribution < 1.29 is 14.6 Å². The van der Waals surface area contributed by atoms with Crippen molar-refractivity contribution in [3.63, 3.8) is 0 Å². The first-order valence-corrected chi connectivity index (χ1v) is 3.98. The molecular formula is C8H12N2O3. The number of nitrogens with zero attached hydrogens (tertiary/aromatic N) is 2. The second-order valence-electron chi connectivity index (χ2n) is 2.57. The van der Waals surface area contributed by atoms with E-state index in [1.807, 2.05) is 6.92 Å². The molecule has 0 bridgehead atoms. The monoisotopic (exact) mass is 184 g/mol. The lowest BCUT2D eigenvalue weighted by molar-refractivity contribution is 0.0678. The van der Waals surface area contributed by atoms with Gasteiger partial charge in [0.15, 0.2) is 0 Å². The molecule has 1 rings (SSSR count). The number of aromatic nitrogens is 2. The van der Waals surface area contributed by atoms with Crippen molar-refractivity contribution in [3.05, 3.63) is 17.7 Å². The normalized spacial score (nSPS) is 10.3. The summed E-state index contributed by atoms with van der Waals surface area (Å²) in [7, 11) is 1.66. The van der Waals surface area contributed by atoms with E-state index >= 15 is 0 Å². The van der Waals surface area contributed by atoms with Crippen LogP contribution in [0.25, 0.3) is 0 Å². The van der Waals surface area contributed by atoms with Crippen molar-refractivity contribution in [1.82, 2.24) is 9.55 Å². The van der Waals surface area contributed by atoms with Gasteiger partial charge >= 0.3 is 5.97 Å². The third-order valence-electron chi connectivity index (χ3n) is 1.73. The Balaban J connectivity index is 2.80. The predicted molar refractivity (Wildman–Crippen MR) is 45.5 cm³/mol. The van der Waals surface area contributed by atoms with Gasteiger partial charge in [0, 0.05) is 13.7 Å². The quantitative estimate of drug-likeness (QED) is 0.746. The van der Waals surface area contributed by atoms with Crippen LogP contribution in [-0.4, -0.2) is 27.2 Å². The number of ether oxygens (including phenoxy) is 1. The van der Waals surface area contributed by atoms with Gasteiger partial charge in [-0.15, -0.1) is 0 Å². The molecule has 0 aliphatic heterocycles. The van der Waals surface area contributed by atoms with Crippen LogP contribution in [0.5, 0.6) is 0 Å². The summed E-state index contributed by atoms with van der Waals surface area (Å²) < 4.78 is 6.65. The van der Waals surface area contributed by atoms with E-state index < -0.39 is 5.97 Å². The third-order valence-corrected chi connectivity index (χ3v) is 1.73. The van der Waals surface area contributed by atoms with Gasteiger partial charge in [0.25, 0.3) is 0 Å². The SMILES string of the molecule is CCOCc1cnc(C(=O)O)n1C. The van der Waals surface area contributed by atoms with Gasteiger partial charge in [0.2, 0.25) is 5.82 Å². The first kappa shape index (κ1) is 9.73. The van der Waals surface area contributed by atoms with E-state index in [2.05, 4.69) is 4.98 Å². The van der Waals surface area contributed by atoms with Crippen molar-refractivity contribution in [3.8, 4) is 0 Å². The fourth-order valence-corrected chi connectivity index (χ4v) is 0.984. The maximum atomic E-state index is 10.6. The number of hydrogen-bond donors (Lipinski definition) is 1. The summed E-state index contributed by atoms with van der Waals surface area (Å²) in [4.78, 5) is 14.3. The summed E-state index contributed by atoms with van der Waals surface area (Å²) in [5, 5.41) is 8.68. The van der Waals surface area contributed by atoms with E-state index in [0.717, 1.165) is 5.69 Å². The fraction of sp³-hybridized carbons (Fsp3) is 0.500. The number of imidazole rings is 1. The third kappa shape index (κ3) is 2.06. The molecule has 0 radical (unpaired) electrons. The molecule has 1 aromatic heterocycles. The van der Waals surface area contributed by atoms with Crippen LogP contribution in [-0.2, 0) is 18.4 Å². The van der Waals surface area contributed by atoms with Crippen LogP contribution in [0.15, 0.2) is 6.20 Å². The molecule has 5 nitrogen and oxygen atoms in total. The molecule has 0 saturated carbocycles. The fourth-order valence-electron chi connectivity index (χ4n) is 0.984. The number of carboxylic acid groups (broad SMARTS) is 1. The van der Waals surface area contributed by atoms with Gasteiger partial charge in [-0.05, 0) is 6.92 Å². The van der Waals surface area contributed by atoms with Gasteiger partial charge in [-0.3, -0.25) is 0 Å². The maximum absolute atomic E-state index is 10.6. The van der Waals surface area contributed by atoms with Gasteiger partial charge in [-0.2, -0.15) is 0 Å². The molecular weight excluding hydrogens is 172 g/mol. The molecule has 0 saturated heterocycles. The van der Waals surface area contributed by atoms with Crippen molar-refractivity contribution in [2.24, 2.45) is 7.05 Å². The molecule has 0 fully saturated rings. The highest BCUT2D eigenvalue weighted by atomic mass is 16.5. The van der Waals surface area contributed by atoms with Crippen molar-refractivity contribution >= 4 is 5.97 Å². The Morgan fingerprint density at radius 1 is 1.77 bits per heavy atom. The lowest BCUT2D eigenvalue weighted by Gasteiger charge is -2.02. The number of carbonyl (C=O) groups is 1. The van der Waals surface area contributed by atoms with Gasteiger partial charge < -0.3 is 14.4 Å². The molecule has 72 valence electrons. The Bertz CT molecular complexity index is 306. The van der Waals surface area contributed by atoms with Crippen molar-refractivity contribution in [1.29, 1.82) is 0 Å². The van der Waals surface area contributed by atoms with E-state index in [-0.39, 0.29) is 5.82 Å². The molecule has 0 atom stereocenters. The highest BCUT2D eigenvalue weighted by Gasteiger charge is 2.12. The standard InChI is InChI=1S/C8H12N2O3/c1-3-13-5-6-4-9-7(8(11)12)10(6)2/h4H,3,5H2,1-2H3,(H,11,12). The van der Waals surface area contributed by atoms with Crippen molar-refractivity contribution in [2.45, 2.75) is 13.5 Å². The molecule has 5 heteroatoms. The Kier molecular flexibility index (Phi) is 3.02. The second-order valence-corrected chi connectivity index (χ2v) is 2.57. The van der Waals surface area contributed by atoms with Crippen LogP contribution in [0.4, 0.5) is 0 Å². The maximum Gasteiger partial charge on any atom is 0.372 e. The van der Waals surface area contributed by atoms with E-state index in [9.17, 15) is 4.79 Å². The molecule has 0 spiro atoms. The van der Waals surface area contributed by atoms with Crippen LogP contribution >= 0.6 is 0 Å². The molecule has 0 aliphatic carbocycles. The largest absolute Gasteiger partial charge is 0.475 e. The molecule has 0 aromatic carbocycles. The average Bonchev–Trinajstić information content (AvgIpc) is 2.43. The highest BCUT2D eigenvalue weighted by molar-refractivity contribution is 5.83. The summed E-state index contributed by atoms with van der Waals surface area (Å²) >= 11 is 0. The molecule has 1 N–H and O–H groups in total. The lowest BCUT2D eigenvalue weighted by Crippen LogP contribution is -2.08. The first-order chi connectivity index (χ1) is 6.16. The van der Waals surface area contributed by atoms with Crippen LogP contribution in [0.2, 0.25) is 0 Å². The minimum Gasteiger partial charge on any atom is -0.475 e. The molecule has 1 heterocycles. The van der Waals surface area contributed by atoms with Crippen LogP contribution < -0.4 is 0 Å². The predicted octanol–water partition coefficient (Wildman–Crippen LogP) is 0.655. The van der Waals surface area contributed by atoms with Gasteiger partial charge in [-0.1, -0.05) is 0 Å². The minimum atomic E-state index is -1.02. The zero-order valence-electron chi connectivity index (χ0n) is 7.65. The first-order valence-electron chi connectivity index (χ1n) is 3.98. The summed E-state index contributed by atoms with van der Waals surface area (Å²) in [6.45, 7) is 2.88. The molecule has 13 heavy (non-hydrogen) atoms. The van der Waals surface area contributed by atoms with Crippen LogP contribution in [0.1, 0.15) is 23.2 Å². The second kappa shape index (κ2) is 4.04. The Hall–Kier alpha value is -1.36.